The quantitative estimate of drug-likeness (QED) is 0.547. The molecule has 1 saturated heterocycles. The molecular weight excluding hydrogens is 398 g/mol. The molecule has 1 amide bonds. The summed E-state index contributed by atoms with van der Waals surface area (Å²) in [6, 6.07) is 15.0. The van der Waals surface area contributed by atoms with Gasteiger partial charge in [-0.15, -0.1) is 0 Å². The van der Waals surface area contributed by atoms with Gasteiger partial charge in [-0.2, -0.15) is 0 Å². The first-order valence-corrected chi connectivity index (χ1v) is 9.32. The van der Waals surface area contributed by atoms with Crippen molar-refractivity contribution < 1.29 is 9.72 Å². The van der Waals surface area contributed by atoms with Gasteiger partial charge in [0.2, 0.25) is 5.91 Å². The van der Waals surface area contributed by atoms with Gasteiger partial charge in [-0.3, -0.25) is 14.9 Å². The molecule has 1 unspecified atom stereocenters. The molecule has 0 spiro atoms. The molecule has 1 atom stereocenters. The lowest BCUT2D eigenvalue weighted by Gasteiger charge is -2.17. The normalized spacial score (nSPS) is 16.7. The third-order valence-electron chi connectivity index (χ3n) is 4.55. The number of nitrogens with one attached hydrogen (secondary N) is 1. The van der Waals surface area contributed by atoms with Gasteiger partial charge in [0.05, 0.1) is 4.92 Å². The van der Waals surface area contributed by atoms with E-state index < -0.39 is 4.92 Å². The summed E-state index contributed by atoms with van der Waals surface area (Å²) < 4.78 is 0.665. The first-order valence-electron chi connectivity index (χ1n) is 8.52. The molecule has 7 heteroatoms. The van der Waals surface area contributed by atoms with Crippen molar-refractivity contribution in [2.24, 2.45) is 5.92 Å². The van der Waals surface area contributed by atoms with Crippen LogP contribution in [-0.2, 0) is 11.2 Å². The second kappa shape index (κ2) is 8.31. The van der Waals surface area contributed by atoms with E-state index in [0.29, 0.717) is 36.2 Å². The molecule has 1 aliphatic rings. The van der Waals surface area contributed by atoms with E-state index in [1.54, 1.807) is 12.1 Å². The van der Waals surface area contributed by atoms with Crippen LogP contribution in [0.1, 0.15) is 12.0 Å². The number of nitro benzene ring substituents is 1. The van der Waals surface area contributed by atoms with Crippen LogP contribution in [0, 0.1) is 16.0 Å². The Morgan fingerprint density at radius 3 is 2.73 bits per heavy atom. The maximum absolute atomic E-state index is 12.2. The molecule has 0 bridgehead atoms. The van der Waals surface area contributed by atoms with Gasteiger partial charge in [0, 0.05) is 42.5 Å². The van der Waals surface area contributed by atoms with Gasteiger partial charge in [-0.25, -0.2) is 0 Å². The number of amides is 1. The molecule has 2 aromatic carbocycles. The Kier molecular flexibility index (Phi) is 5.88. The molecule has 136 valence electrons. The summed E-state index contributed by atoms with van der Waals surface area (Å²) >= 11 is 3.25. The van der Waals surface area contributed by atoms with Crippen molar-refractivity contribution in [2.75, 3.05) is 25.0 Å². The Balaban J connectivity index is 1.54. The van der Waals surface area contributed by atoms with Crippen LogP contribution >= 0.6 is 15.9 Å². The lowest BCUT2D eigenvalue weighted by atomic mass is 10.1. The number of hydrogen-bond acceptors (Lipinski definition) is 4. The van der Waals surface area contributed by atoms with Crippen LogP contribution in [-0.4, -0.2) is 35.4 Å². The van der Waals surface area contributed by atoms with Crippen LogP contribution < -0.4 is 5.32 Å². The van der Waals surface area contributed by atoms with Crippen molar-refractivity contribution in [1.29, 1.82) is 0 Å². The fourth-order valence-electron chi connectivity index (χ4n) is 3.18. The predicted molar refractivity (Wildman–Crippen MR) is 104 cm³/mol. The van der Waals surface area contributed by atoms with Crippen LogP contribution in [0.2, 0.25) is 0 Å². The third kappa shape index (κ3) is 4.60. The van der Waals surface area contributed by atoms with Crippen LogP contribution in [0.4, 0.5) is 11.4 Å². The Hall–Kier alpha value is -2.41. The number of likely N-dealkylation sites (tertiary alicyclic amines) is 1. The molecule has 0 radical (unpaired) electrons. The van der Waals surface area contributed by atoms with E-state index in [2.05, 4.69) is 33.4 Å². The molecule has 6 nitrogen and oxygen atoms in total. The first kappa shape index (κ1) is 18.4. The number of carbonyl (C=O) groups is 1. The minimum absolute atomic E-state index is 0.0321. The van der Waals surface area contributed by atoms with Crippen molar-refractivity contribution in [3.05, 3.63) is 68.7 Å². The van der Waals surface area contributed by atoms with E-state index in [1.807, 2.05) is 23.1 Å². The van der Waals surface area contributed by atoms with Crippen molar-refractivity contribution in [1.82, 2.24) is 4.90 Å². The van der Waals surface area contributed by atoms with E-state index in [9.17, 15) is 14.9 Å². The summed E-state index contributed by atoms with van der Waals surface area (Å²) in [5.74, 6) is 0.305. The zero-order chi connectivity index (χ0) is 18.5. The van der Waals surface area contributed by atoms with E-state index in [4.69, 9.17) is 0 Å². The maximum Gasteiger partial charge on any atom is 0.293 e. The van der Waals surface area contributed by atoms with Gasteiger partial charge in [-0.05, 0) is 24.1 Å². The molecule has 2 aromatic rings. The summed E-state index contributed by atoms with van der Waals surface area (Å²) in [5, 5.41) is 14.3. The Morgan fingerprint density at radius 1 is 1.23 bits per heavy atom. The average molecular weight is 418 g/mol. The van der Waals surface area contributed by atoms with Crippen LogP contribution in [0.25, 0.3) is 0 Å². The van der Waals surface area contributed by atoms with E-state index in [0.717, 1.165) is 6.42 Å². The van der Waals surface area contributed by atoms with Crippen molar-refractivity contribution in [3.8, 4) is 0 Å². The highest BCUT2D eigenvalue weighted by atomic mass is 79.9. The first-order chi connectivity index (χ1) is 12.5. The molecule has 1 heterocycles. The third-order valence-corrected chi connectivity index (χ3v) is 5.04. The fraction of sp³-hybridized carbons (Fsp3) is 0.316. The van der Waals surface area contributed by atoms with E-state index in [1.165, 1.54) is 11.6 Å². The highest BCUT2D eigenvalue weighted by Crippen LogP contribution is 2.29. The minimum atomic E-state index is -0.404. The van der Waals surface area contributed by atoms with Crippen LogP contribution in [0.3, 0.4) is 0 Å². The van der Waals surface area contributed by atoms with Crippen molar-refractivity contribution in [3.63, 3.8) is 0 Å². The number of benzene rings is 2. The molecule has 0 saturated carbocycles. The Morgan fingerprint density at radius 2 is 2.00 bits per heavy atom. The van der Waals surface area contributed by atoms with Crippen molar-refractivity contribution >= 4 is 33.2 Å². The molecule has 0 aromatic heterocycles. The number of nitrogens with zero attached hydrogens (tertiary/aromatic N) is 2. The van der Waals surface area contributed by atoms with Gasteiger partial charge >= 0.3 is 0 Å². The lowest BCUT2D eigenvalue weighted by Crippen LogP contribution is -2.28. The highest BCUT2D eigenvalue weighted by Gasteiger charge is 2.29. The second-order valence-electron chi connectivity index (χ2n) is 6.44. The van der Waals surface area contributed by atoms with Gasteiger partial charge in [-0.1, -0.05) is 46.3 Å². The molecule has 1 aliphatic heterocycles. The topological polar surface area (TPSA) is 75.5 Å². The SMILES string of the molecule is O=C1CC(CNc2ccc(Br)cc2[N+](=O)[O-])CN1CCc1ccccc1. The number of anilines is 1. The number of rotatable bonds is 7. The zero-order valence-corrected chi connectivity index (χ0v) is 15.8. The highest BCUT2D eigenvalue weighted by molar-refractivity contribution is 9.10. The van der Waals surface area contributed by atoms with E-state index in [-0.39, 0.29) is 17.5 Å². The fourth-order valence-corrected chi connectivity index (χ4v) is 3.52. The summed E-state index contributed by atoms with van der Waals surface area (Å²) in [7, 11) is 0. The lowest BCUT2D eigenvalue weighted by molar-refractivity contribution is -0.384. The van der Waals surface area contributed by atoms with Gasteiger partial charge in [0.1, 0.15) is 5.69 Å². The molecule has 1 N–H and O–H groups in total. The summed E-state index contributed by atoms with van der Waals surface area (Å²) in [6.07, 6.45) is 1.32. The van der Waals surface area contributed by atoms with Gasteiger partial charge in [0.25, 0.3) is 5.69 Å². The van der Waals surface area contributed by atoms with Gasteiger partial charge < -0.3 is 10.2 Å². The van der Waals surface area contributed by atoms with E-state index >= 15 is 0 Å². The average Bonchev–Trinajstić information content (AvgIpc) is 2.99. The van der Waals surface area contributed by atoms with Crippen molar-refractivity contribution in [2.45, 2.75) is 12.8 Å². The number of halogens is 1. The van der Waals surface area contributed by atoms with Crippen LogP contribution in [0.5, 0.6) is 0 Å². The monoisotopic (exact) mass is 417 g/mol. The molecule has 1 fully saturated rings. The number of hydrogen-bond donors (Lipinski definition) is 1. The second-order valence-corrected chi connectivity index (χ2v) is 7.36. The Labute approximate surface area is 160 Å². The molecule has 3 rings (SSSR count). The largest absolute Gasteiger partial charge is 0.379 e. The predicted octanol–water partition coefficient (Wildman–Crippen LogP) is 3.86. The number of carbonyl (C=O) groups excluding carboxylic acids is 1. The maximum atomic E-state index is 12.2. The molecular formula is C19H20BrN3O3. The summed E-state index contributed by atoms with van der Waals surface area (Å²) in [6.45, 7) is 1.93. The van der Waals surface area contributed by atoms with Crippen LogP contribution in [0.15, 0.2) is 53.0 Å². The molecule has 0 aliphatic carbocycles. The zero-order valence-electron chi connectivity index (χ0n) is 14.2. The standard InChI is InChI=1S/C19H20BrN3O3/c20-16-6-7-17(18(11-16)23(25)26)21-12-15-10-19(24)22(13-15)9-8-14-4-2-1-3-5-14/h1-7,11,15,21H,8-10,12-13H2. The Bertz CT molecular complexity index is 798. The smallest absolute Gasteiger partial charge is 0.293 e. The number of nitro groups is 1. The molecule has 26 heavy (non-hydrogen) atoms. The summed E-state index contributed by atoms with van der Waals surface area (Å²) in [4.78, 5) is 24.9. The minimum Gasteiger partial charge on any atom is -0.379 e. The summed E-state index contributed by atoms with van der Waals surface area (Å²) in [5.41, 5.74) is 1.73. The van der Waals surface area contributed by atoms with Gasteiger partial charge in [0.15, 0.2) is 0 Å².